The van der Waals surface area contributed by atoms with Crippen LogP contribution in [-0.4, -0.2) is 15.0 Å². The highest BCUT2D eigenvalue weighted by Crippen LogP contribution is 2.50. The first kappa shape index (κ1) is 26.5. The van der Waals surface area contributed by atoms with Crippen LogP contribution >= 0.6 is 0 Å². The zero-order valence-corrected chi connectivity index (χ0v) is 25.5. The van der Waals surface area contributed by atoms with E-state index in [-0.39, 0.29) is 5.41 Å². The maximum atomic E-state index is 6.91. The summed E-state index contributed by atoms with van der Waals surface area (Å²) in [5.74, 6) is 0. The molecule has 0 atom stereocenters. The molecule has 9 rings (SSSR count). The van der Waals surface area contributed by atoms with E-state index >= 15 is 0 Å². The van der Waals surface area contributed by atoms with E-state index in [2.05, 4.69) is 120 Å². The highest BCUT2D eigenvalue weighted by atomic mass is 16.3. The normalized spacial score (nSPS) is 13.2. The number of hydrogen-bond donors (Lipinski definition) is 0. The third-order valence-electron chi connectivity index (χ3n) is 9.55. The van der Waals surface area contributed by atoms with Gasteiger partial charge in [0.15, 0.2) is 0 Å². The highest BCUT2D eigenvalue weighted by molar-refractivity contribution is 6.13. The van der Waals surface area contributed by atoms with E-state index in [1.165, 1.54) is 22.3 Å². The molecule has 0 saturated heterocycles. The lowest BCUT2D eigenvalue weighted by Gasteiger charge is -2.21. The Morgan fingerprint density at radius 3 is 1.67 bits per heavy atom. The first-order chi connectivity index (χ1) is 22.6. The second kappa shape index (κ2) is 10.1. The SMILES string of the molecule is CC1(C)c2ccncc2-c2ccc(-c3cccc4c3oc3c(-c5cc(-c6cccnc6)cc(-c6cccnc6)c5)cccc34)cc21. The predicted octanol–water partition coefficient (Wildman–Crippen LogP) is 10.7. The molecule has 0 spiro atoms. The van der Waals surface area contributed by atoms with Gasteiger partial charge in [-0.25, -0.2) is 0 Å². The van der Waals surface area contributed by atoms with Crippen molar-refractivity contribution in [1.29, 1.82) is 0 Å². The summed E-state index contributed by atoms with van der Waals surface area (Å²) in [6, 6.07) is 36.7. The number of hydrogen-bond acceptors (Lipinski definition) is 4. The van der Waals surface area contributed by atoms with E-state index in [4.69, 9.17) is 4.42 Å². The number of aromatic nitrogens is 3. The lowest BCUT2D eigenvalue weighted by Crippen LogP contribution is -2.15. The van der Waals surface area contributed by atoms with Crippen LogP contribution in [0.3, 0.4) is 0 Å². The molecule has 0 unspecified atom stereocenters. The van der Waals surface area contributed by atoms with Gasteiger partial charge in [0, 0.05) is 81.2 Å². The fraction of sp³-hybridized carbons (Fsp3) is 0.0714. The average molecular weight is 592 g/mol. The Morgan fingerprint density at radius 1 is 0.435 bits per heavy atom. The number of nitrogens with zero attached hydrogens (tertiary/aromatic N) is 3. The number of fused-ring (bicyclic) bond motifs is 6. The van der Waals surface area contributed by atoms with E-state index in [1.807, 2.05) is 36.9 Å². The molecule has 218 valence electrons. The summed E-state index contributed by atoms with van der Waals surface area (Å²) in [6.07, 6.45) is 11.3. The van der Waals surface area contributed by atoms with Gasteiger partial charge in [0.25, 0.3) is 0 Å². The van der Waals surface area contributed by atoms with Crippen molar-refractivity contribution in [3.63, 3.8) is 0 Å². The van der Waals surface area contributed by atoms with Gasteiger partial charge in [-0.1, -0.05) is 74.5 Å². The monoisotopic (exact) mass is 591 g/mol. The van der Waals surface area contributed by atoms with Gasteiger partial charge in [0.2, 0.25) is 0 Å². The van der Waals surface area contributed by atoms with Crippen molar-refractivity contribution in [1.82, 2.24) is 15.0 Å². The molecule has 0 aliphatic heterocycles. The number of para-hydroxylation sites is 2. The third-order valence-corrected chi connectivity index (χ3v) is 9.55. The van der Waals surface area contributed by atoms with Crippen LogP contribution in [-0.2, 0) is 5.41 Å². The zero-order chi connectivity index (χ0) is 30.8. The van der Waals surface area contributed by atoms with Crippen LogP contribution in [0.25, 0.3) is 77.6 Å². The molecule has 1 aliphatic carbocycles. The molecule has 0 radical (unpaired) electrons. The fourth-order valence-corrected chi connectivity index (χ4v) is 7.22. The van der Waals surface area contributed by atoms with Gasteiger partial charge in [-0.05, 0) is 81.4 Å². The van der Waals surface area contributed by atoms with Gasteiger partial charge in [-0.2, -0.15) is 0 Å². The molecule has 0 fully saturated rings. The molecule has 0 N–H and O–H groups in total. The second-order valence-corrected chi connectivity index (χ2v) is 12.6. The van der Waals surface area contributed by atoms with Crippen LogP contribution in [0.1, 0.15) is 25.0 Å². The average Bonchev–Trinajstić information content (AvgIpc) is 3.61. The van der Waals surface area contributed by atoms with E-state index in [1.54, 1.807) is 12.4 Å². The van der Waals surface area contributed by atoms with Crippen LogP contribution in [0, 0.1) is 0 Å². The zero-order valence-electron chi connectivity index (χ0n) is 25.5. The summed E-state index contributed by atoms with van der Waals surface area (Å²) in [5.41, 5.74) is 15.5. The molecule has 0 saturated carbocycles. The first-order valence-electron chi connectivity index (χ1n) is 15.6. The maximum absolute atomic E-state index is 6.91. The molecule has 0 amide bonds. The van der Waals surface area contributed by atoms with E-state index in [9.17, 15) is 0 Å². The summed E-state index contributed by atoms with van der Waals surface area (Å²) in [4.78, 5) is 13.2. The number of rotatable bonds is 4. The largest absolute Gasteiger partial charge is 0.455 e. The summed E-state index contributed by atoms with van der Waals surface area (Å²) in [7, 11) is 0. The van der Waals surface area contributed by atoms with Gasteiger partial charge in [-0.15, -0.1) is 0 Å². The number of furan rings is 1. The molecule has 4 heteroatoms. The third kappa shape index (κ3) is 4.04. The molecule has 4 heterocycles. The van der Waals surface area contributed by atoms with Gasteiger partial charge in [-0.3, -0.25) is 15.0 Å². The van der Waals surface area contributed by atoms with Crippen molar-refractivity contribution in [3.05, 3.63) is 151 Å². The second-order valence-electron chi connectivity index (χ2n) is 12.6. The Kier molecular flexibility index (Phi) is 5.81. The quantitative estimate of drug-likeness (QED) is 0.204. The topological polar surface area (TPSA) is 51.8 Å². The van der Waals surface area contributed by atoms with Crippen LogP contribution in [0.5, 0.6) is 0 Å². The Balaban J connectivity index is 1.23. The molecule has 4 nitrogen and oxygen atoms in total. The van der Waals surface area contributed by atoms with Gasteiger partial charge >= 0.3 is 0 Å². The molecule has 4 aromatic carbocycles. The fourth-order valence-electron chi connectivity index (χ4n) is 7.22. The van der Waals surface area contributed by atoms with Crippen molar-refractivity contribution in [2.45, 2.75) is 19.3 Å². The summed E-state index contributed by atoms with van der Waals surface area (Å²) in [6.45, 7) is 4.60. The number of pyridine rings is 3. The molecule has 0 bridgehead atoms. The van der Waals surface area contributed by atoms with Crippen LogP contribution < -0.4 is 0 Å². The molecular weight excluding hydrogens is 562 g/mol. The van der Waals surface area contributed by atoms with E-state index < -0.39 is 0 Å². The standard InChI is InChI=1S/C42H29N3O/c1-42(2)38-15-18-45-25-37(38)34-14-13-26(22-39(34)42)32-9-3-11-35-36-12-4-10-33(41(36)46-40(32)35)31-20-29(27-7-5-16-43-23-27)19-30(21-31)28-8-6-17-44-24-28/h3-25H,1-2H3. The van der Waals surface area contributed by atoms with Crippen molar-refractivity contribution < 1.29 is 4.42 Å². The molecule has 8 aromatic rings. The van der Waals surface area contributed by atoms with Crippen LogP contribution in [0.2, 0.25) is 0 Å². The van der Waals surface area contributed by atoms with Crippen molar-refractivity contribution in [2.24, 2.45) is 0 Å². The lowest BCUT2D eigenvalue weighted by atomic mass is 9.82. The highest BCUT2D eigenvalue weighted by Gasteiger charge is 2.35. The van der Waals surface area contributed by atoms with Crippen LogP contribution in [0.4, 0.5) is 0 Å². The molecular formula is C42H29N3O. The molecule has 46 heavy (non-hydrogen) atoms. The van der Waals surface area contributed by atoms with Gasteiger partial charge < -0.3 is 4.42 Å². The first-order valence-corrected chi connectivity index (χ1v) is 15.6. The minimum absolute atomic E-state index is 0.107. The Labute approximate surface area is 267 Å². The number of benzene rings is 4. The summed E-state index contributed by atoms with van der Waals surface area (Å²) in [5, 5.41) is 2.21. The Morgan fingerprint density at radius 2 is 1.04 bits per heavy atom. The smallest absolute Gasteiger partial charge is 0.143 e. The van der Waals surface area contributed by atoms with E-state index in [0.29, 0.717) is 0 Å². The van der Waals surface area contributed by atoms with Crippen molar-refractivity contribution >= 4 is 21.9 Å². The van der Waals surface area contributed by atoms with Crippen molar-refractivity contribution in [2.75, 3.05) is 0 Å². The van der Waals surface area contributed by atoms with Gasteiger partial charge in [0.1, 0.15) is 11.2 Å². The van der Waals surface area contributed by atoms with E-state index in [0.717, 1.165) is 66.4 Å². The Hall–Kier alpha value is -5.87. The Bertz CT molecular complexity index is 2380. The van der Waals surface area contributed by atoms with Crippen LogP contribution in [0.15, 0.2) is 145 Å². The lowest BCUT2D eigenvalue weighted by molar-refractivity contribution is 0.659. The summed E-state index contributed by atoms with van der Waals surface area (Å²) >= 11 is 0. The minimum Gasteiger partial charge on any atom is -0.455 e. The van der Waals surface area contributed by atoms with Crippen molar-refractivity contribution in [3.8, 4) is 55.6 Å². The minimum atomic E-state index is -0.107. The predicted molar refractivity (Wildman–Crippen MR) is 186 cm³/mol. The van der Waals surface area contributed by atoms with Gasteiger partial charge in [0.05, 0.1) is 0 Å². The molecule has 1 aliphatic rings. The maximum Gasteiger partial charge on any atom is 0.143 e. The molecule has 4 aromatic heterocycles. The summed E-state index contributed by atoms with van der Waals surface area (Å²) < 4.78 is 6.91.